The Balaban J connectivity index is 2.28. The van der Waals surface area contributed by atoms with Crippen LogP contribution in [0.25, 0.3) is 0 Å². The standard InChI is InChI=1S/C15H15NO/c1-2-6-12-7-5-8-13(11-12)15(17)14-9-3-4-10-16-14/h3-5,7-11H,2,6H2,1H3. The van der Waals surface area contributed by atoms with E-state index in [1.807, 2.05) is 30.3 Å². The van der Waals surface area contributed by atoms with E-state index in [0.717, 1.165) is 18.4 Å². The maximum Gasteiger partial charge on any atom is 0.211 e. The van der Waals surface area contributed by atoms with Crippen molar-refractivity contribution >= 4 is 5.78 Å². The summed E-state index contributed by atoms with van der Waals surface area (Å²) in [6.45, 7) is 2.13. The van der Waals surface area contributed by atoms with Gasteiger partial charge in [-0.2, -0.15) is 0 Å². The molecule has 0 saturated carbocycles. The second-order valence-electron chi connectivity index (χ2n) is 3.99. The van der Waals surface area contributed by atoms with Gasteiger partial charge in [-0.3, -0.25) is 9.78 Å². The molecule has 1 aromatic heterocycles. The van der Waals surface area contributed by atoms with Crippen molar-refractivity contribution in [2.24, 2.45) is 0 Å². The van der Waals surface area contributed by atoms with E-state index in [9.17, 15) is 4.79 Å². The van der Waals surface area contributed by atoms with Gasteiger partial charge in [-0.05, 0) is 30.2 Å². The first-order valence-electron chi connectivity index (χ1n) is 5.86. The molecule has 0 atom stereocenters. The number of carbonyl (C=O) groups is 1. The van der Waals surface area contributed by atoms with Gasteiger partial charge in [0.05, 0.1) is 0 Å². The summed E-state index contributed by atoms with van der Waals surface area (Å²) in [4.78, 5) is 16.2. The van der Waals surface area contributed by atoms with Gasteiger partial charge in [0.25, 0.3) is 0 Å². The summed E-state index contributed by atoms with van der Waals surface area (Å²) in [5.74, 6) is -0.0106. The number of rotatable bonds is 4. The number of aromatic nitrogens is 1. The van der Waals surface area contributed by atoms with E-state index in [-0.39, 0.29) is 5.78 Å². The molecule has 0 radical (unpaired) electrons. The first-order chi connectivity index (χ1) is 8.31. The summed E-state index contributed by atoms with van der Waals surface area (Å²) >= 11 is 0. The van der Waals surface area contributed by atoms with E-state index >= 15 is 0 Å². The average molecular weight is 225 g/mol. The number of hydrogen-bond donors (Lipinski definition) is 0. The molecule has 17 heavy (non-hydrogen) atoms. The highest BCUT2D eigenvalue weighted by Crippen LogP contribution is 2.11. The van der Waals surface area contributed by atoms with Crippen molar-refractivity contribution in [2.45, 2.75) is 19.8 Å². The monoisotopic (exact) mass is 225 g/mol. The van der Waals surface area contributed by atoms with Crippen LogP contribution < -0.4 is 0 Å². The molecule has 2 aromatic rings. The van der Waals surface area contributed by atoms with Gasteiger partial charge in [0.1, 0.15) is 5.69 Å². The van der Waals surface area contributed by atoms with Crippen LogP contribution in [0, 0.1) is 0 Å². The van der Waals surface area contributed by atoms with Gasteiger partial charge in [-0.1, -0.05) is 37.6 Å². The summed E-state index contributed by atoms with van der Waals surface area (Å²) in [7, 11) is 0. The van der Waals surface area contributed by atoms with Crippen LogP contribution in [0.2, 0.25) is 0 Å². The van der Waals surface area contributed by atoms with E-state index in [1.54, 1.807) is 12.3 Å². The molecule has 0 aliphatic heterocycles. The van der Waals surface area contributed by atoms with E-state index in [0.29, 0.717) is 5.69 Å². The van der Waals surface area contributed by atoms with Crippen molar-refractivity contribution in [1.29, 1.82) is 0 Å². The van der Waals surface area contributed by atoms with Crippen LogP contribution in [0.5, 0.6) is 0 Å². The highest BCUT2D eigenvalue weighted by atomic mass is 16.1. The van der Waals surface area contributed by atoms with E-state index in [4.69, 9.17) is 0 Å². The molecule has 86 valence electrons. The average Bonchev–Trinajstić information content (AvgIpc) is 2.40. The molecule has 0 fully saturated rings. The number of pyridine rings is 1. The lowest BCUT2D eigenvalue weighted by Gasteiger charge is -2.03. The largest absolute Gasteiger partial charge is 0.287 e. The maximum atomic E-state index is 12.1. The summed E-state index contributed by atoms with van der Waals surface area (Å²) in [5, 5.41) is 0. The van der Waals surface area contributed by atoms with Gasteiger partial charge < -0.3 is 0 Å². The number of hydrogen-bond acceptors (Lipinski definition) is 2. The fourth-order valence-corrected chi connectivity index (χ4v) is 1.80. The van der Waals surface area contributed by atoms with Gasteiger partial charge in [0.2, 0.25) is 5.78 Å². The summed E-state index contributed by atoms with van der Waals surface area (Å²) in [6.07, 6.45) is 3.73. The van der Waals surface area contributed by atoms with Crippen LogP contribution >= 0.6 is 0 Å². The van der Waals surface area contributed by atoms with Gasteiger partial charge in [-0.25, -0.2) is 0 Å². The fraction of sp³-hybridized carbons (Fsp3) is 0.200. The molecule has 0 aliphatic carbocycles. The molecule has 0 N–H and O–H groups in total. The molecular formula is C15H15NO. The Bertz CT molecular complexity index is 505. The van der Waals surface area contributed by atoms with Crippen molar-refractivity contribution in [3.63, 3.8) is 0 Å². The zero-order valence-corrected chi connectivity index (χ0v) is 9.89. The van der Waals surface area contributed by atoms with Gasteiger partial charge >= 0.3 is 0 Å². The molecule has 2 rings (SSSR count). The van der Waals surface area contributed by atoms with E-state index in [2.05, 4.69) is 18.0 Å². The molecule has 0 unspecified atom stereocenters. The molecule has 0 amide bonds. The third-order valence-electron chi connectivity index (χ3n) is 2.63. The molecular weight excluding hydrogens is 210 g/mol. The zero-order valence-electron chi connectivity index (χ0n) is 9.89. The van der Waals surface area contributed by atoms with Crippen LogP contribution in [-0.2, 0) is 6.42 Å². The van der Waals surface area contributed by atoms with Crippen LogP contribution in [0.3, 0.4) is 0 Å². The Labute approximate surface area is 101 Å². The fourth-order valence-electron chi connectivity index (χ4n) is 1.80. The summed E-state index contributed by atoms with van der Waals surface area (Å²) < 4.78 is 0. The predicted octanol–water partition coefficient (Wildman–Crippen LogP) is 3.27. The molecule has 2 heteroatoms. The van der Waals surface area contributed by atoms with Crippen molar-refractivity contribution in [1.82, 2.24) is 4.98 Å². The lowest BCUT2D eigenvalue weighted by Crippen LogP contribution is -2.03. The lowest BCUT2D eigenvalue weighted by molar-refractivity contribution is 0.103. The van der Waals surface area contributed by atoms with Crippen molar-refractivity contribution < 1.29 is 4.79 Å². The van der Waals surface area contributed by atoms with Crippen molar-refractivity contribution in [2.75, 3.05) is 0 Å². The Morgan fingerprint density at radius 3 is 2.76 bits per heavy atom. The Hall–Kier alpha value is -1.96. The Morgan fingerprint density at radius 1 is 1.18 bits per heavy atom. The topological polar surface area (TPSA) is 30.0 Å². The van der Waals surface area contributed by atoms with Crippen LogP contribution in [0.15, 0.2) is 48.7 Å². The van der Waals surface area contributed by atoms with E-state index in [1.165, 1.54) is 5.56 Å². The maximum absolute atomic E-state index is 12.1. The molecule has 2 nitrogen and oxygen atoms in total. The van der Waals surface area contributed by atoms with Gasteiger partial charge in [0.15, 0.2) is 0 Å². The summed E-state index contributed by atoms with van der Waals surface area (Å²) in [6, 6.07) is 13.2. The zero-order chi connectivity index (χ0) is 12.1. The highest BCUT2D eigenvalue weighted by Gasteiger charge is 2.09. The number of benzene rings is 1. The van der Waals surface area contributed by atoms with Crippen LogP contribution in [0.4, 0.5) is 0 Å². The highest BCUT2D eigenvalue weighted by molar-refractivity contribution is 6.07. The molecule has 0 spiro atoms. The van der Waals surface area contributed by atoms with Crippen LogP contribution in [-0.4, -0.2) is 10.8 Å². The lowest BCUT2D eigenvalue weighted by atomic mass is 10.0. The predicted molar refractivity (Wildman–Crippen MR) is 68.1 cm³/mol. The summed E-state index contributed by atoms with van der Waals surface area (Å²) in [5.41, 5.74) is 2.42. The molecule has 1 aromatic carbocycles. The van der Waals surface area contributed by atoms with Crippen molar-refractivity contribution in [3.05, 3.63) is 65.5 Å². The second-order valence-corrected chi connectivity index (χ2v) is 3.99. The normalized spacial score (nSPS) is 10.2. The minimum Gasteiger partial charge on any atom is -0.287 e. The number of nitrogens with zero attached hydrogens (tertiary/aromatic N) is 1. The van der Waals surface area contributed by atoms with Gasteiger partial charge in [0, 0.05) is 11.8 Å². The third kappa shape index (κ3) is 2.78. The van der Waals surface area contributed by atoms with E-state index < -0.39 is 0 Å². The first-order valence-corrected chi connectivity index (χ1v) is 5.86. The second kappa shape index (κ2) is 5.39. The minimum absolute atomic E-state index is 0.0106. The Morgan fingerprint density at radius 2 is 2.06 bits per heavy atom. The molecule has 0 aliphatic rings. The molecule has 0 saturated heterocycles. The minimum atomic E-state index is -0.0106. The van der Waals surface area contributed by atoms with Crippen molar-refractivity contribution in [3.8, 4) is 0 Å². The quantitative estimate of drug-likeness (QED) is 0.747. The first kappa shape index (κ1) is 11.5. The van der Waals surface area contributed by atoms with Crippen LogP contribution in [0.1, 0.15) is 35.0 Å². The Kier molecular flexibility index (Phi) is 3.66. The molecule has 1 heterocycles. The number of aryl methyl sites for hydroxylation is 1. The smallest absolute Gasteiger partial charge is 0.211 e. The third-order valence-corrected chi connectivity index (χ3v) is 2.63. The number of ketones is 1. The number of carbonyl (C=O) groups excluding carboxylic acids is 1. The van der Waals surface area contributed by atoms with Gasteiger partial charge in [-0.15, -0.1) is 0 Å². The molecule has 0 bridgehead atoms. The SMILES string of the molecule is CCCc1cccc(C(=O)c2ccccn2)c1.